The van der Waals surface area contributed by atoms with Crippen LogP contribution in [0.25, 0.3) is 0 Å². The summed E-state index contributed by atoms with van der Waals surface area (Å²) in [5, 5.41) is 0. The first kappa shape index (κ1) is 8.54. The average molecular weight is 176 g/mol. The van der Waals surface area contributed by atoms with Crippen LogP contribution in [0.1, 0.15) is 6.92 Å². The third kappa shape index (κ3) is 1.53. The van der Waals surface area contributed by atoms with Gasteiger partial charge in [0.1, 0.15) is 5.84 Å². The van der Waals surface area contributed by atoms with E-state index in [9.17, 15) is 0 Å². The first-order valence-corrected chi connectivity index (χ1v) is 4.89. The normalized spacial score (nSPS) is 32.5. The number of aliphatic imine (C=N–C) groups is 1. The molecule has 0 radical (unpaired) electrons. The van der Waals surface area contributed by atoms with Gasteiger partial charge in [0.2, 0.25) is 0 Å². The van der Waals surface area contributed by atoms with Gasteiger partial charge in [0.25, 0.3) is 0 Å². The molecule has 0 fully saturated rings. The van der Waals surface area contributed by atoms with E-state index in [2.05, 4.69) is 48.2 Å². The second-order valence-electron chi connectivity index (χ2n) is 3.82. The topological polar surface area (TPSA) is 15.6 Å². The fourth-order valence-corrected chi connectivity index (χ4v) is 1.95. The molecule has 0 bridgehead atoms. The van der Waals surface area contributed by atoms with Crippen LogP contribution in [-0.4, -0.2) is 30.9 Å². The molecule has 1 aliphatic carbocycles. The fraction of sp³-hybridized carbons (Fsp3) is 0.545. The molecular formula is C11H16N2. The zero-order chi connectivity index (χ0) is 9.26. The van der Waals surface area contributed by atoms with E-state index >= 15 is 0 Å². The summed E-state index contributed by atoms with van der Waals surface area (Å²) in [6, 6.07) is 0. The van der Waals surface area contributed by atoms with Crippen molar-refractivity contribution in [2.45, 2.75) is 6.92 Å². The first-order valence-electron chi connectivity index (χ1n) is 4.89. The highest BCUT2D eigenvalue weighted by atomic mass is 15.2. The monoisotopic (exact) mass is 176 g/mol. The van der Waals surface area contributed by atoms with E-state index in [0.717, 1.165) is 13.1 Å². The maximum Gasteiger partial charge on any atom is 0.106 e. The van der Waals surface area contributed by atoms with Crippen molar-refractivity contribution in [3.05, 3.63) is 24.3 Å². The van der Waals surface area contributed by atoms with E-state index in [1.807, 2.05) is 0 Å². The maximum absolute atomic E-state index is 4.55. The largest absolute Gasteiger partial charge is 0.361 e. The van der Waals surface area contributed by atoms with Gasteiger partial charge in [-0.1, -0.05) is 31.2 Å². The average Bonchev–Trinajstić information content (AvgIpc) is 2.52. The van der Waals surface area contributed by atoms with Gasteiger partial charge in [-0.2, -0.15) is 0 Å². The quantitative estimate of drug-likeness (QED) is 0.594. The minimum Gasteiger partial charge on any atom is -0.361 e. The van der Waals surface area contributed by atoms with Gasteiger partial charge in [0.05, 0.1) is 6.54 Å². The van der Waals surface area contributed by atoms with E-state index in [0.29, 0.717) is 11.8 Å². The van der Waals surface area contributed by atoms with Crippen molar-refractivity contribution in [2.24, 2.45) is 16.8 Å². The lowest BCUT2D eigenvalue weighted by Crippen LogP contribution is -2.32. The molecule has 1 heterocycles. The molecular weight excluding hydrogens is 160 g/mol. The number of hydrogen-bond acceptors (Lipinski definition) is 2. The number of amidine groups is 1. The van der Waals surface area contributed by atoms with Crippen LogP contribution < -0.4 is 0 Å². The summed E-state index contributed by atoms with van der Waals surface area (Å²) in [7, 11) is 2.13. The second-order valence-corrected chi connectivity index (χ2v) is 3.82. The van der Waals surface area contributed by atoms with Crippen LogP contribution >= 0.6 is 0 Å². The minimum atomic E-state index is 0.498. The first-order chi connectivity index (χ1) is 6.29. The van der Waals surface area contributed by atoms with Gasteiger partial charge in [-0.3, -0.25) is 4.99 Å². The molecule has 13 heavy (non-hydrogen) atoms. The van der Waals surface area contributed by atoms with Crippen LogP contribution in [-0.2, 0) is 0 Å². The third-order valence-electron chi connectivity index (χ3n) is 2.81. The SMILES string of the molecule is CC1C=CC=CC1C1=NCCN1C. The molecule has 0 saturated heterocycles. The van der Waals surface area contributed by atoms with E-state index in [-0.39, 0.29) is 0 Å². The second kappa shape index (κ2) is 3.36. The molecule has 0 aromatic heterocycles. The molecule has 0 amide bonds. The summed E-state index contributed by atoms with van der Waals surface area (Å²) in [6.45, 7) is 4.29. The van der Waals surface area contributed by atoms with Crippen molar-refractivity contribution in [3.8, 4) is 0 Å². The van der Waals surface area contributed by atoms with Gasteiger partial charge in [0.15, 0.2) is 0 Å². The van der Waals surface area contributed by atoms with Crippen molar-refractivity contribution in [2.75, 3.05) is 20.1 Å². The molecule has 0 saturated carbocycles. The van der Waals surface area contributed by atoms with Gasteiger partial charge in [0, 0.05) is 19.5 Å². The minimum absolute atomic E-state index is 0.498. The molecule has 2 heteroatoms. The van der Waals surface area contributed by atoms with Crippen LogP contribution in [0.5, 0.6) is 0 Å². The Morgan fingerprint density at radius 3 is 2.77 bits per heavy atom. The Balaban J connectivity index is 2.16. The number of likely N-dealkylation sites (N-methyl/N-ethyl adjacent to an activating group) is 1. The lowest BCUT2D eigenvalue weighted by atomic mass is 9.89. The predicted molar refractivity (Wildman–Crippen MR) is 55.9 cm³/mol. The van der Waals surface area contributed by atoms with E-state index < -0.39 is 0 Å². The van der Waals surface area contributed by atoms with Gasteiger partial charge in [-0.15, -0.1) is 0 Å². The Morgan fingerprint density at radius 2 is 2.15 bits per heavy atom. The molecule has 70 valence electrons. The predicted octanol–water partition coefficient (Wildman–Crippen LogP) is 1.71. The van der Waals surface area contributed by atoms with Crippen LogP contribution in [0.2, 0.25) is 0 Å². The summed E-state index contributed by atoms with van der Waals surface area (Å²) in [6.07, 6.45) is 8.75. The number of allylic oxidation sites excluding steroid dienone is 3. The van der Waals surface area contributed by atoms with Crippen molar-refractivity contribution in [3.63, 3.8) is 0 Å². The van der Waals surface area contributed by atoms with Gasteiger partial charge in [-0.25, -0.2) is 0 Å². The highest BCUT2D eigenvalue weighted by molar-refractivity contribution is 5.88. The summed E-state index contributed by atoms with van der Waals surface area (Å²) < 4.78 is 0. The van der Waals surface area contributed by atoms with E-state index in [1.54, 1.807) is 0 Å². The number of rotatable bonds is 1. The summed E-state index contributed by atoms with van der Waals surface area (Å²) in [5.74, 6) is 2.34. The van der Waals surface area contributed by atoms with Gasteiger partial charge in [-0.05, 0) is 5.92 Å². The van der Waals surface area contributed by atoms with E-state index in [1.165, 1.54) is 5.84 Å². The van der Waals surface area contributed by atoms with Crippen LogP contribution in [0, 0.1) is 11.8 Å². The van der Waals surface area contributed by atoms with Crippen LogP contribution in [0.3, 0.4) is 0 Å². The van der Waals surface area contributed by atoms with Gasteiger partial charge >= 0.3 is 0 Å². The van der Waals surface area contributed by atoms with Gasteiger partial charge < -0.3 is 4.90 Å². The number of hydrogen-bond donors (Lipinski definition) is 0. The van der Waals surface area contributed by atoms with Crippen molar-refractivity contribution in [1.29, 1.82) is 0 Å². The lowest BCUT2D eigenvalue weighted by Gasteiger charge is -2.25. The van der Waals surface area contributed by atoms with Crippen LogP contribution in [0.15, 0.2) is 29.3 Å². The molecule has 2 unspecified atom stereocenters. The molecule has 0 aromatic rings. The standard InChI is InChI=1S/C11H16N2/c1-9-5-3-4-6-10(9)11-12-7-8-13(11)2/h3-6,9-10H,7-8H2,1-2H3. The summed E-state index contributed by atoms with van der Waals surface area (Å²) >= 11 is 0. The van der Waals surface area contributed by atoms with Crippen molar-refractivity contribution in [1.82, 2.24) is 4.90 Å². The molecule has 2 aliphatic rings. The zero-order valence-electron chi connectivity index (χ0n) is 8.27. The highest BCUT2D eigenvalue weighted by Gasteiger charge is 2.25. The molecule has 2 atom stereocenters. The Bertz CT molecular complexity index is 276. The lowest BCUT2D eigenvalue weighted by molar-refractivity contribution is 0.502. The maximum atomic E-state index is 4.55. The molecule has 1 aliphatic heterocycles. The summed E-state index contributed by atoms with van der Waals surface area (Å²) in [4.78, 5) is 6.82. The Morgan fingerprint density at radius 1 is 1.38 bits per heavy atom. The fourth-order valence-electron chi connectivity index (χ4n) is 1.95. The Labute approximate surface area is 79.7 Å². The highest BCUT2D eigenvalue weighted by Crippen LogP contribution is 2.23. The zero-order valence-corrected chi connectivity index (χ0v) is 8.27. The van der Waals surface area contributed by atoms with E-state index in [4.69, 9.17) is 0 Å². The Hall–Kier alpha value is -1.05. The molecule has 0 aromatic carbocycles. The van der Waals surface area contributed by atoms with Crippen LogP contribution in [0.4, 0.5) is 0 Å². The van der Waals surface area contributed by atoms with Crippen molar-refractivity contribution >= 4 is 5.84 Å². The molecule has 0 spiro atoms. The molecule has 0 N–H and O–H groups in total. The molecule has 2 rings (SSSR count). The number of nitrogens with zero attached hydrogens (tertiary/aromatic N) is 2. The summed E-state index contributed by atoms with van der Waals surface area (Å²) in [5.41, 5.74) is 0. The Kier molecular flexibility index (Phi) is 2.21. The van der Waals surface area contributed by atoms with Crippen molar-refractivity contribution < 1.29 is 0 Å². The molecule has 2 nitrogen and oxygen atoms in total. The third-order valence-corrected chi connectivity index (χ3v) is 2.81. The smallest absolute Gasteiger partial charge is 0.106 e.